The Bertz CT molecular complexity index is 836. The van der Waals surface area contributed by atoms with Crippen molar-refractivity contribution in [1.82, 2.24) is 14.9 Å². The van der Waals surface area contributed by atoms with E-state index >= 15 is 0 Å². The number of thiazole rings is 1. The van der Waals surface area contributed by atoms with Crippen LogP contribution in [-0.4, -0.2) is 58.6 Å². The fourth-order valence-electron chi connectivity index (χ4n) is 2.81. The molecule has 9 heteroatoms. The van der Waals surface area contributed by atoms with E-state index in [1.54, 1.807) is 29.6 Å². The molecular formula is C19H25N5O3S. The molecule has 2 amide bonds. The molecule has 1 fully saturated rings. The Labute approximate surface area is 168 Å². The van der Waals surface area contributed by atoms with Crippen LogP contribution in [0, 0.1) is 6.92 Å². The minimum absolute atomic E-state index is 0.203. The number of rotatable bonds is 3. The van der Waals surface area contributed by atoms with E-state index in [0.29, 0.717) is 42.6 Å². The van der Waals surface area contributed by atoms with E-state index in [2.05, 4.69) is 20.2 Å². The van der Waals surface area contributed by atoms with E-state index in [1.807, 2.05) is 26.8 Å². The fourth-order valence-corrected chi connectivity index (χ4v) is 3.51. The molecule has 0 aliphatic carbocycles. The monoisotopic (exact) mass is 403 g/mol. The summed E-state index contributed by atoms with van der Waals surface area (Å²) in [4.78, 5) is 37.3. The predicted molar refractivity (Wildman–Crippen MR) is 109 cm³/mol. The molecule has 0 aromatic carbocycles. The van der Waals surface area contributed by atoms with E-state index in [1.165, 1.54) is 11.3 Å². The zero-order valence-corrected chi connectivity index (χ0v) is 17.4. The molecule has 8 nitrogen and oxygen atoms in total. The maximum absolute atomic E-state index is 12.2. The molecule has 2 aromatic rings. The van der Waals surface area contributed by atoms with Gasteiger partial charge in [-0.3, -0.25) is 4.79 Å². The van der Waals surface area contributed by atoms with Gasteiger partial charge in [-0.1, -0.05) is 0 Å². The second kappa shape index (κ2) is 8.14. The van der Waals surface area contributed by atoms with Gasteiger partial charge in [-0.25, -0.2) is 14.8 Å². The third-order valence-electron chi connectivity index (χ3n) is 4.24. The number of nitrogens with one attached hydrogen (secondary N) is 1. The van der Waals surface area contributed by atoms with Crippen molar-refractivity contribution in [2.75, 3.05) is 36.4 Å². The minimum Gasteiger partial charge on any atom is -0.444 e. The quantitative estimate of drug-likeness (QED) is 0.847. The summed E-state index contributed by atoms with van der Waals surface area (Å²) in [5.41, 5.74) is 2.83. The number of pyridine rings is 1. The summed E-state index contributed by atoms with van der Waals surface area (Å²) in [7, 11) is 0. The fraction of sp³-hybridized carbons (Fsp3) is 0.474. The molecule has 0 saturated carbocycles. The number of nitrogens with zero attached hydrogens (tertiary/aromatic N) is 4. The number of piperazine rings is 1. The molecule has 1 saturated heterocycles. The van der Waals surface area contributed by atoms with Gasteiger partial charge in [0.2, 0.25) is 0 Å². The number of hydrogen-bond acceptors (Lipinski definition) is 7. The van der Waals surface area contributed by atoms with Crippen molar-refractivity contribution < 1.29 is 14.3 Å². The van der Waals surface area contributed by atoms with Crippen molar-refractivity contribution in [3.8, 4) is 0 Å². The lowest BCUT2D eigenvalue weighted by Gasteiger charge is -2.36. The van der Waals surface area contributed by atoms with Crippen molar-refractivity contribution in [2.45, 2.75) is 33.3 Å². The smallest absolute Gasteiger partial charge is 0.410 e. The van der Waals surface area contributed by atoms with E-state index in [4.69, 9.17) is 4.74 Å². The Hall–Kier alpha value is -2.68. The summed E-state index contributed by atoms with van der Waals surface area (Å²) in [6.07, 6.45) is 1.46. The average molecular weight is 404 g/mol. The Balaban J connectivity index is 1.54. The van der Waals surface area contributed by atoms with Gasteiger partial charge in [0, 0.05) is 26.2 Å². The van der Waals surface area contributed by atoms with Gasteiger partial charge in [0.1, 0.15) is 16.3 Å². The van der Waals surface area contributed by atoms with Crippen LogP contribution in [0.25, 0.3) is 0 Å². The van der Waals surface area contributed by atoms with Crippen LogP contribution in [0.5, 0.6) is 0 Å². The minimum atomic E-state index is -0.490. The molecule has 1 aliphatic heterocycles. The third kappa shape index (κ3) is 4.98. The van der Waals surface area contributed by atoms with Crippen LogP contribution in [-0.2, 0) is 4.74 Å². The first kappa shape index (κ1) is 20.1. The first-order valence-electron chi connectivity index (χ1n) is 9.13. The Morgan fingerprint density at radius 2 is 1.86 bits per heavy atom. The van der Waals surface area contributed by atoms with Crippen molar-refractivity contribution in [1.29, 1.82) is 0 Å². The SMILES string of the molecule is Cc1ncsc1C(=O)Nc1ccc(N2CCN(C(=O)OC(C)(C)C)CC2)cn1. The second-order valence-corrected chi connectivity index (χ2v) is 8.43. The van der Waals surface area contributed by atoms with E-state index in [9.17, 15) is 9.59 Å². The summed E-state index contributed by atoms with van der Waals surface area (Å²) in [5.74, 6) is 0.292. The lowest BCUT2D eigenvalue weighted by Crippen LogP contribution is -2.50. The molecule has 0 atom stereocenters. The molecular weight excluding hydrogens is 378 g/mol. The summed E-state index contributed by atoms with van der Waals surface area (Å²) < 4.78 is 5.42. The van der Waals surface area contributed by atoms with Crippen LogP contribution in [0.15, 0.2) is 23.8 Å². The lowest BCUT2D eigenvalue weighted by molar-refractivity contribution is 0.0240. The number of aryl methyl sites for hydroxylation is 1. The normalized spacial score (nSPS) is 14.7. The summed E-state index contributed by atoms with van der Waals surface area (Å²) in [5, 5.41) is 2.79. The zero-order chi connectivity index (χ0) is 20.3. The highest BCUT2D eigenvalue weighted by Gasteiger charge is 2.26. The number of ether oxygens (including phenoxy) is 1. The molecule has 1 aliphatic rings. The van der Waals surface area contributed by atoms with E-state index < -0.39 is 5.60 Å². The van der Waals surface area contributed by atoms with Gasteiger partial charge >= 0.3 is 6.09 Å². The Morgan fingerprint density at radius 1 is 1.14 bits per heavy atom. The van der Waals surface area contributed by atoms with Gasteiger partial charge in [-0.15, -0.1) is 11.3 Å². The number of hydrogen-bond donors (Lipinski definition) is 1. The van der Waals surface area contributed by atoms with Crippen LogP contribution < -0.4 is 10.2 Å². The van der Waals surface area contributed by atoms with Gasteiger partial charge in [0.15, 0.2) is 0 Å². The highest BCUT2D eigenvalue weighted by atomic mass is 32.1. The first-order valence-corrected chi connectivity index (χ1v) is 10.0. The molecule has 1 N–H and O–H groups in total. The molecule has 0 bridgehead atoms. The predicted octanol–water partition coefficient (Wildman–Crippen LogP) is 3.16. The zero-order valence-electron chi connectivity index (χ0n) is 16.6. The molecule has 0 spiro atoms. The van der Waals surface area contributed by atoms with E-state index in [-0.39, 0.29) is 12.0 Å². The molecule has 2 aromatic heterocycles. The standard InChI is InChI=1S/C19H25N5O3S/c1-13-16(28-12-21-13)17(25)22-15-6-5-14(11-20-15)23-7-9-24(10-8-23)18(26)27-19(2,3)4/h5-6,11-12H,7-10H2,1-4H3,(H,20,22,25). The van der Waals surface area contributed by atoms with Crippen LogP contribution in [0.4, 0.5) is 16.3 Å². The van der Waals surface area contributed by atoms with Gasteiger partial charge in [-0.2, -0.15) is 0 Å². The molecule has 3 heterocycles. The average Bonchev–Trinajstić information content (AvgIpc) is 3.07. The van der Waals surface area contributed by atoms with Gasteiger partial charge in [0.05, 0.1) is 23.1 Å². The molecule has 28 heavy (non-hydrogen) atoms. The Kier molecular flexibility index (Phi) is 5.83. The Morgan fingerprint density at radius 3 is 2.39 bits per heavy atom. The van der Waals surface area contributed by atoms with Crippen molar-refractivity contribution in [3.63, 3.8) is 0 Å². The molecule has 0 unspecified atom stereocenters. The van der Waals surface area contributed by atoms with Crippen molar-refractivity contribution >= 4 is 34.8 Å². The van der Waals surface area contributed by atoms with Crippen LogP contribution >= 0.6 is 11.3 Å². The maximum atomic E-state index is 12.2. The lowest BCUT2D eigenvalue weighted by atomic mass is 10.2. The number of anilines is 2. The van der Waals surface area contributed by atoms with E-state index in [0.717, 1.165) is 5.69 Å². The van der Waals surface area contributed by atoms with Crippen LogP contribution in [0.3, 0.4) is 0 Å². The van der Waals surface area contributed by atoms with Gasteiger partial charge in [0.25, 0.3) is 5.91 Å². The maximum Gasteiger partial charge on any atom is 0.410 e. The van der Waals surface area contributed by atoms with Crippen molar-refractivity contribution in [3.05, 3.63) is 34.4 Å². The summed E-state index contributed by atoms with van der Waals surface area (Å²) in [6.45, 7) is 9.99. The number of aromatic nitrogens is 2. The molecule has 3 rings (SSSR count). The van der Waals surface area contributed by atoms with Crippen LogP contribution in [0.2, 0.25) is 0 Å². The summed E-state index contributed by atoms with van der Waals surface area (Å²) >= 11 is 1.31. The van der Waals surface area contributed by atoms with Gasteiger partial charge < -0.3 is 19.9 Å². The number of amides is 2. The second-order valence-electron chi connectivity index (χ2n) is 7.58. The third-order valence-corrected chi connectivity index (χ3v) is 5.17. The van der Waals surface area contributed by atoms with Crippen molar-refractivity contribution in [2.24, 2.45) is 0 Å². The topological polar surface area (TPSA) is 87.7 Å². The van der Waals surface area contributed by atoms with Gasteiger partial charge in [-0.05, 0) is 39.8 Å². The molecule has 0 radical (unpaired) electrons. The van der Waals surface area contributed by atoms with Crippen LogP contribution in [0.1, 0.15) is 36.1 Å². The largest absolute Gasteiger partial charge is 0.444 e. The summed E-state index contributed by atoms with van der Waals surface area (Å²) in [6, 6.07) is 3.70. The number of carbonyl (C=O) groups excluding carboxylic acids is 2. The molecule has 150 valence electrons. The highest BCUT2D eigenvalue weighted by molar-refractivity contribution is 7.12. The first-order chi connectivity index (χ1) is 13.2. The highest BCUT2D eigenvalue weighted by Crippen LogP contribution is 2.20. The number of carbonyl (C=O) groups is 2.